The molecule has 0 bridgehead atoms. The van der Waals surface area contributed by atoms with E-state index in [1.54, 1.807) is 5.32 Å². The van der Waals surface area contributed by atoms with Crippen LogP contribution in [0.4, 0.5) is 19.1 Å². The number of hydrogen-bond donors (Lipinski definition) is 5. The Morgan fingerprint density at radius 2 is 2.06 bits per heavy atom. The van der Waals surface area contributed by atoms with Crippen LogP contribution in [0.1, 0.15) is 31.9 Å². The third-order valence-corrected chi connectivity index (χ3v) is 5.14. The van der Waals surface area contributed by atoms with Crippen molar-refractivity contribution in [3.05, 3.63) is 16.7 Å². The highest BCUT2D eigenvalue weighted by Crippen LogP contribution is 2.33. The number of aliphatic hydroxyl groups excluding tert-OH is 2. The summed E-state index contributed by atoms with van der Waals surface area (Å²) < 4.78 is 49.2. The molecule has 3 heterocycles. The minimum atomic E-state index is -4.89. The number of imidazole rings is 1. The van der Waals surface area contributed by atoms with Crippen LogP contribution in [0.15, 0.2) is 11.1 Å². The van der Waals surface area contributed by atoms with Crippen molar-refractivity contribution in [2.24, 2.45) is 0 Å². The summed E-state index contributed by atoms with van der Waals surface area (Å²) in [6, 6.07) is 0. The zero-order valence-electron chi connectivity index (χ0n) is 17.4. The summed E-state index contributed by atoms with van der Waals surface area (Å²) in [7, 11) is 0. The largest absolute Gasteiger partial charge is 0.471 e. The van der Waals surface area contributed by atoms with Gasteiger partial charge < -0.3 is 30.7 Å². The van der Waals surface area contributed by atoms with E-state index in [1.807, 2.05) is 0 Å². The summed E-state index contributed by atoms with van der Waals surface area (Å²) in [5.74, 6) is -2.09. The summed E-state index contributed by atoms with van der Waals surface area (Å²) >= 11 is 0. The van der Waals surface area contributed by atoms with Crippen molar-refractivity contribution in [1.82, 2.24) is 24.8 Å². The molecule has 1 fully saturated rings. The summed E-state index contributed by atoms with van der Waals surface area (Å²) in [5.41, 5.74) is 5.21. The molecule has 0 spiro atoms. The molecule has 2 aromatic heterocycles. The fourth-order valence-corrected chi connectivity index (χ4v) is 3.50. The van der Waals surface area contributed by atoms with Gasteiger partial charge in [-0.1, -0.05) is 12.8 Å². The van der Waals surface area contributed by atoms with Gasteiger partial charge in [0.1, 0.15) is 18.3 Å². The second kappa shape index (κ2) is 10.5. The molecule has 12 nitrogen and oxygen atoms in total. The molecule has 184 valence electrons. The van der Waals surface area contributed by atoms with Crippen molar-refractivity contribution < 1.29 is 37.7 Å². The molecule has 1 unspecified atom stereocenters. The third-order valence-electron chi connectivity index (χ3n) is 5.14. The number of halogens is 3. The number of carbonyl (C=O) groups is 1. The van der Waals surface area contributed by atoms with Gasteiger partial charge in [0, 0.05) is 13.2 Å². The SMILES string of the molecule is Nc1nc2c(ncn2[C@@H]2O[C@H](CO)C(O)[C@@H]2OCCCCCCNC(=O)C(F)(F)F)c(=O)[nH]1. The smallest absolute Gasteiger partial charge is 0.394 e. The first-order valence-corrected chi connectivity index (χ1v) is 10.3. The number of rotatable bonds is 10. The number of nitrogen functional groups attached to an aromatic ring is 1. The lowest BCUT2D eigenvalue weighted by Gasteiger charge is -2.22. The Morgan fingerprint density at radius 3 is 2.76 bits per heavy atom. The average Bonchev–Trinajstić information content (AvgIpc) is 3.30. The van der Waals surface area contributed by atoms with Gasteiger partial charge in [-0.3, -0.25) is 19.1 Å². The molecule has 2 aromatic rings. The number of H-pyrrole nitrogens is 1. The molecule has 1 saturated heterocycles. The van der Waals surface area contributed by atoms with Crippen LogP contribution < -0.4 is 16.6 Å². The standard InChI is InChI=1S/C18H25F3N6O6/c19-18(20,21)16(31)23-5-3-1-2-4-6-32-12-11(29)9(7-28)33-15(12)27-8-24-10-13(27)25-17(22)26-14(10)30/h8-9,11-12,15,28-29H,1-7H2,(H,23,31)(H3,22,25,26,30)/t9-,11?,12+,15-/m1/s1. The second-order valence-electron chi connectivity index (χ2n) is 7.52. The lowest BCUT2D eigenvalue weighted by atomic mass is 10.1. The van der Waals surface area contributed by atoms with Crippen molar-refractivity contribution in [2.75, 3.05) is 25.5 Å². The Labute approximate surface area is 184 Å². The zero-order valence-corrected chi connectivity index (χ0v) is 17.4. The van der Waals surface area contributed by atoms with E-state index in [0.29, 0.717) is 25.7 Å². The van der Waals surface area contributed by atoms with Gasteiger partial charge in [-0.25, -0.2) is 4.98 Å². The van der Waals surface area contributed by atoms with Gasteiger partial charge in [0.05, 0.1) is 12.9 Å². The number of aromatic nitrogens is 4. The Hall–Kier alpha value is -2.75. The predicted molar refractivity (Wildman–Crippen MR) is 107 cm³/mol. The summed E-state index contributed by atoms with van der Waals surface area (Å²) in [5, 5.41) is 21.8. The van der Waals surface area contributed by atoms with E-state index in [9.17, 15) is 33.0 Å². The average molecular weight is 478 g/mol. The molecule has 0 saturated carbocycles. The minimum Gasteiger partial charge on any atom is -0.394 e. The first-order chi connectivity index (χ1) is 15.6. The molecular formula is C18H25F3N6O6. The molecule has 4 atom stereocenters. The summed E-state index contributed by atoms with van der Waals surface area (Å²) in [6.07, 6.45) is -5.47. The number of nitrogens with zero attached hydrogens (tertiary/aromatic N) is 3. The van der Waals surface area contributed by atoms with Gasteiger partial charge in [0.2, 0.25) is 5.95 Å². The van der Waals surface area contributed by atoms with E-state index < -0.39 is 48.8 Å². The monoisotopic (exact) mass is 478 g/mol. The predicted octanol–water partition coefficient (Wildman–Crippen LogP) is -0.424. The molecule has 1 aliphatic heterocycles. The van der Waals surface area contributed by atoms with Gasteiger partial charge in [-0.2, -0.15) is 18.2 Å². The maximum Gasteiger partial charge on any atom is 0.471 e. The number of carbonyl (C=O) groups excluding carboxylic acids is 1. The molecule has 6 N–H and O–H groups in total. The van der Waals surface area contributed by atoms with Crippen molar-refractivity contribution in [3.8, 4) is 0 Å². The Bertz CT molecular complexity index is 1010. The quantitative estimate of drug-likeness (QED) is 0.284. The van der Waals surface area contributed by atoms with Crippen LogP contribution in [0.2, 0.25) is 0 Å². The highest BCUT2D eigenvalue weighted by Gasteiger charge is 2.46. The number of amides is 1. The number of nitrogens with one attached hydrogen (secondary N) is 2. The maximum absolute atomic E-state index is 12.1. The maximum atomic E-state index is 12.1. The Morgan fingerprint density at radius 1 is 1.33 bits per heavy atom. The number of nitrogens with two attached hydrogens (primary N) is 1. The number of alkyl halides is 3. The van der Waals surface area contributed by atoms with Crippen LogP contribution in [0.3, 0.4) is 0 Å². The van der Waals surface area contributed by atoms with Gasteiger partial charge in [0.25, 0.3) is 5.56 Å². The van der Waals surface area contributed by atoms with Gasteiger partial charge in [-0.15, -0.1) is 0 Å². The van der Waals surface area contributed by atoms with Crippen molar-refractivity contribution in [3.63, 3.8) is 0 Å². The summed E-state index contributed by atoms with van der Waals surface area (Å²) in [4.78, 5) is 33.1. The molecule has 3 rings (SSSR count). The topological polar surface area (TPSA) is 178 Å². The van der Waals surface area contributed by atoms with E-state index >= 15 is 0 Å². The highest BCUT2D eigenvalue weighted by molar-refractivity contribution is 5.81. The number of hydrogen-bond acceptors (Lipinski definition) is 9. The molecular weight excluding hydrogens is 453 g/mol. The lowest BCUT2D eigenvalue weighted by Crippen LogP contribution is -2.37. The Kier molecular flexibility index (Phi) is 7.88. The molecule has 0 radical (unpaired) electrons. The van der Waals surface area contributed by atoms with Gasteiger partial charge in [-0.05, 0) is 12.8 Å². The first kappa shape index (κ1) is 24.9. The fourth-order valence-electron chi connectivity index (χ4n) is 3.50. The van der Waals surface area contributed by atoms with E-state index in [4.69, 9.17) is 15.2 Å². The number of unbranched alkanes of at least 4 members (excludes halogenated alkanes) is 3. The van der Waals surface area contributed by atoms with Crippen LogP contribution >= 0.6 is 0 Å². The van der Waals surface area contributed by atoms with E-state index in [1.165, 1.54) is 10.9 Å². The molecule has 1 aliphatic rings. The number of fused-ring (bicyclic) bond motifs is 1. The van der Waals surface area contributed by atoms with Crippen LogP contribution in [-0.4, -0.2) is 79.9 Å². The second-order valence-corrected chi connectivity index (χ2v) is 7.52. The molecule has 33 heavy (non-hydrogen) atoms. The van der Waals surface area contributed by atoms with Crippen LogP contribution in [0, 0.1) is 0 Å². The van der Waals surface area contributed by atoms with Crippen molar-refractivity contribution in [1.29, 1.82) is 0 Å². The highest BCUT2D eigenvalue weighted by atomic mass is 19.4. The van der Waals surface area contributed by atoms with Gasteiger partial charge in [0.15, 0.2) is 17.4 Å². The van der Waals surface area contributed by atoms with E-state index in [0.717, 1.165) is 0 Å². The number of aromatic amines is 1. The molecule has 1 amide bonds. The molecule has 0 aliphatic carbocycles. The normalized spacial score (nSPS) is 23.3. The van der Waals surface area contributed by atoms with Crippen molar-refractivity contribution in [2.45, 2.75) is 56.4 Å². The molecule has 0 aromatic carbocycles. The van der Waals surface area contributed by atoms with Crippen LogP contribution in [0.5, 0.6) is 0 Å². The zero-order chi connectivity index (χ0) is 24.2. The van der Waals surface area contributed by atoms with Crippen LogP contribution in [0.25, 0.3) is 11.2 Å². The number of aliphatic hydroxyl groups is 2. The number of ether oxygens (including phenoxy) is 2. The van der Waals surface area contributed by atoms with Gasteiger partial charge >= 0.3 is 12.1 Å². The molecule has 15 heteroatoms. The number of anilines is 1. The Balaban J connectivity index is 1.53. The summed E-state index contributed by atoms with van der Waals surface area (Å²) in [6.45, 7) is -0.362. The third kappa shape index (κ3) is 5.79. The minimum absolute atomic E-state index is 0.0195. The van der Waals surface area contributed by atoms with Crippen LogP contribution in [-0.2, 0) is 14.3 Å². The van der Waals surface area contributed by atoms with Crippen molar-refractivity contribution >= 4 is 23.0 Å². The lowest BCUT2D eigenvalue weighted by molar-refractivity contribution is -0.173. The fraction of sp³-hybridized carbons (Fsp3) is 0.667. The van der Waals surface area contributed by atoms with E-state index in [2.05, 4.69) is 15.0 Å². The van der Waals surface area contributed by atoms with E-state index in [-0.39, 0.29) is 30.3 Å². The first-order valence-electron chi connectivity index (χ1n) is 10.3.